The molecule has 0 unspecified atom stereocenters. The first-order valence-electron chi connectivity index (χ1n) is 6.38. The third kappa shape index (κ3) is 3.17. The van der Waals surface area contributed by atoms with Gasteiger partial charge < -0.3 is 9.64 Å². The van der Waals surface area contributed by atoms with Gasteiger partial charge in [-0.25, -0.2) is 9.18 Å². The van der Waals surface area contributed by atoms with Crippen molar-refractivity contribution in [2.24, 2.45) is 0 Å². The molecular formula is C14H15BrFNO3. The average Bonchev–Trinajstić information content (AvgIpc) is 2.44. The zero-order valence-corrected chi connectivity index (χ0v) is 12.7. The largest absolute Gasteiger partial charge is 0.467 e. The van der Waals surface area contributed by atoms with Crippen LogP contribution in [0.25, 0.3) is 0 Å². The van der Waals surface area contributed by atoms with Crippen molar-refractivity contribution in [3.63, 3.8) is 0 Å². The Morgan fingerprint density at radius 2 is 2.10 bits per heavy atom. The Bertz CT molecular complexity index is 515. The lowest BCUT2D eigenvalue weighted by molar-refractivity contribution is -0.147. The molecular weight excluding hydrogens is 329 g/mol. The molecule has 1 aliphatic heterocycles. The van der Waals surface area contributed by atoms with E-state index in [9.17, 15) is 14.0 Å². The maximum absolute atomic E-state index is 13.4. The van der Waals surface area contributed by atoms with E-state index < -0.39 is 17.8 Å². The number of amides is 1. The SMILES string of the molecule is COC(=O)[C@H]1CCCCN1C(=O)c1cc(F)cc(Br)c1. The van der Waals surface area contributed by atoms with Gasteiger partial charge in [-0.1, -0.05) is 15.9 Å². The van der Waals surface area contributed by atoms with Crippen molar-refractivity contribution in [3.8, 4) is 0 Å². The Hall–Kier alpha value is -1.43. The molecule has 0 aromatic heterocycles. The molecule has 1 aromatic rings. The van der Waals surface area contributed by atoms with Crippen LogP contribution < -0.4 is 0 Å². The summed E-state index contributed by atoms with van der Waals surface area (Å²) in [6.07, 6.45) is 2.28. The lowest BCUT2D eigenvalue weighted by Crippen LogP contribution is -2.48. The molecule has 0 bridgehead atoms. The Morgan fingerprint density at radius 1 is 1.35 bits per heavy atom. The first-order valence-corrected chi connectivity index (χ1v) is 7.17. The second kappa shape index (κ2) is 6.35. The van der Waals surface area contributed by atoms with Crippen molar-refractivity contribution in [2.45, 2.75) is 25.3 Å². The smallest absolute Gasteiger partial charge is 0.328 e. The maximum atomic E-state index is 13.4. The highest BCUT2D eigenvalue weighted by molar-refractivity contribution is 9.10. The number of carbonyl (C=O) groups is 2. The molecule has 1 saturated heterocycles. The summed E-state index contributed by atoms with van der Waals surface area (Å²) in [6, 6.07) is 3.43. The zero-order chi connectivity index (χ0) is 14.7. The summed E-state index contributed by atoms with van der Waals surface area (Å²) in [5.41, 5.74) is 0.229. The van der Waals surface area contributed by atoms with Crippen molar-refractivity contribution in [3.05, 3.63) is 34.1 Å². The predicted molar refractivity (Wildman–Crippen MR) is 74.8 cm³/mol. The van der Waals surface area contributed by atoms with E-state index in [0.717, 1.165) is 12.8 Å². The number of carbonyl (C=O) groups excluding carboxylic acids is 2. The van der Waals surface area contributed by atoms with Gasteiger partial charge in [-0.15, -0.1) is 0 Å². The van der Waals surface area contributed by atoms with Crippen molar-refractivity contribution < 1.29 is 18.7 Å². The number of rotatable bonds is 2. The standard InChI is InChI=1S/C14H15BrFNO3/c1-20-14(19)12-4-2-3-5-17(12)13(18)9-6-10(15)8-11(16)7-9/h6-8,12H,2-5H2,1H3/t12-/m1/s1. The van der Waals surface area contributed by atoms with E-state index in [4.69, 9.17) is 4.74 Å². The van der Waals surface area contributed by atoms with Gasteiger partial charge >= 0.3 is 5.97 Å². The van der Waals surface area contributed by atoms with Crippen LogP contribution in [0.5, 0.6) is 0 Å². The molecule has 0 saturated carbocycles. The van der Waals surface area contributed by atoms with Crippen LogP contribution in [0.4, 0.5) is 4.39 Å². The highest BCUT2D eigenvalue weighted by Crippen LogP contribution is 2.22. The summed E-state index contributed by atoms with van der Waals surface area (Å²) in [7, 11) is 1.30. The number of likely N-dealkylation sites (tertiary alicyclic amines) is 1. The van der Waals surface area contributed by atoms with Crippen molar-refractivity contribution in [2.75, 3.05) is 13.7 Å². The van der Waals surface area contributed by atoms with E-state index in [1.807, 2.05) is 0 Å². The van der Waals surface area contributed by atoms with Crippen LogP contribution >= 0.6 is 15.9 Å². The molecule has 1 aliphatic rings. The minimum absolute atomic E-state index is 0.229. The highest BCUT2D eigenvalue weighted by atomic mass is 79.9. The van der Waals surface area contributed by atoms with Gasteiger partial charge in [0.1, 0.15) is 11.9 Å². The molecule has 108 valence electrons. The van der Waals surface area contributed by atoms with Crippen molar-refractivity contribution in [1.82, 2.24) is 4.90 Å². The van der Waals surface area contributed by atoms with Crippen LogP contribution in [0.15, 0.2) is 22.7 Å². The predicted octanol–water partition coefficient (Wildman–Crippen LogP) is 2.76. The molecule has 1 atom stereocenters. The van der Waals surface area contributed by atoms with E-state index in [-0.39, 0.29) is 11.5 Å². The molecule has 6 heteroatoms. The fourth-order valence-corrected chi connectivity index (χ4v) is 2.86. The first-order chi connectivity index (χ1) is 9.52. The highest BCUT2D eigenvalue weighted by Gasteiger charge is 2.33. The summed E-state index contributed by atoms with van der Waals surface area (Å²) in [5.74, 6) is -1.26. The fraction of sp³-hybridized carbons (Fsp3) is 0.429. The van der Waals surface area contributed by atoms with E-state index >= 15 is 0 Å². The molecule has 0 spiro atoms. The monoisotopic (exact) mass is 343 g/mol. The van der Waals surface area contributed by atoms with Crippen LogP contribution in [0.3, 0.4) is 0 Å². The van der Waals surface area contributed by atoms with Gasteiger partial charge in [-0.3, -0.25) is 4.79 Å². The van der Waals surface area contributed by atoms with Gasteiger partial charge in [0.15, 0.2) is 0 Å². The summed E-state index contributed by atoms with van der Waals surface area (Å²) >= 11 is 3.16. The van der Waals surface area contributed by atoms with Gasteiger partial charge in [0.25, 0.3) is 5.91 Å². The quantitative estimate of drug-likeness (QED) is 0.775. The van der Waals surface area contributed by atoms with E-state index in [0.29, 0.717) is 17.4 Å². The molecule has 1 fully saturated rings. The Balaban J connectivity index is 2.27. The lowest BCUT2D eigenvalue weighted by Gasteiger charge is -2.33. The van der Waals surface area contributed by atoms with Crippen LogP contribution in [0.2, 0.25) is 0 Å². The van der Waals surface area contributed by atoms with Crippen LogP contribution in [-0.4, -0.2) is 36.5 Å². The maximum Gasteiger partial charge on any atom is 0.328 e. The van der Waals surface area contributed by atoms with Crippen molar-refractivity contribution in [1.29, 1.82) is 0 Å². The van der Waals surface area contributed by atoms with Gasteiger partial charge in [-0.2, -0.15) is 0 Å². The van der Waals surface area contributed by atoms with E-state index in [2.05, 4.69) is 15.9 Å². The Labute approximate surface area is 125 Å². The molecule has 20 heavy (non-hydrogen) atoms. The number of halogens is 2. The fourth-order valence-electron chi connectivity index (χ4n) is 2.40. The molecule has 0 radical (unpaired) electrons. The second-order valence-electron chi connectivity index (χ2n) is 4.69. The minimum atomic E-state index is -0.580. The number of methoxy groups -OCH3 is 1. The summed E-state index contributed by atoms with van der Waals surface area (Å²) < 4.78 is 18.6. The molecule has 2 rings (SSSR count). The molecule has 0 N–H and O–H groups in total. The third-order valence-corrected chi connectivity index (χ3v) is 3.80. The average molecular weight is 344 g/mol. The minimum Gasteiger partial charge on any atom is -0.467 e. The number of piperidine rings is 1. The van der Waals surface area contributed by atoms with E-state index in [1.54, 1.807) is 6.07 Å². The van der Waals surface area contributed by atoms with Gasteiger partial charge in [0, 0.05) is 16.6 Å². The number of hydrogen-bond acceptors (Lipinski definition) is 3. The zero-order valence-electron chi connectivity index (χ0n) is 11.1. The number of hydrogen-bond donors (Lipinski definition) is 0. The first kappa shape index (κ1) is 15.0. The molecule has 0 aliphatic carbocycles. The Morgan fingerprint density at radius 3 is 2.75 bits per heavy atom. The number of benzene rings is 1. The second-order valence-corrected chi connectivity index (χ2v) is 5.61. The van der Waals surface area contributed by atoms with Gasteiger partial charge in [0.2, 0.25) is 0 Å². The third-order valence-electron chi connectivity index (χ3n) is 3.35. The number of nitrogens with zero attached hydrogens (tertiary/aromatic N) is 1. The van der Waals surface area contributed by atoms with Crippen LogP contribution in [0.1, 0.15) is 29.6 Å². The normalized spacial score (nSPS) is 18.8. The molecule has 1 amide bonds. The summed E-state index contributed by atoms with van der Waals surface area (Å²) in [6.45, 7) is 0.479. The topological polar surface area (TPSA) is 46.6 Å². The van der Waals surface area contributed by atoms with Gasteiger partial charge in [0.05, 0.1) is 7.11 Å². The summed E-state index contributed by atoms with van der Waals surface area (Å²) in [4.78, 5) is 25.7. The molecule has 1 aromatic carbocycles. The Kier molecular flexibility index (Phi) is 4.75. The summed E-state index contributed by atoms with van der Waals surface area (Å²) in [5, 5.41) is 0. The van der Waals surface area contributed by atoms with E-state index in [1.165, 1.54) is 24.1 Å². The van der Waals surface area contributed by atoms with Crippen LogP contribution in [0, 0.1) is 5.82 Å². The number of ether oxygens (including phenoxy) is 1. The molecule has 4 nitrogen and oxygen atoms in total. The lowest BCUT2D eigenvalue weighted by atomic mass is 10.0. The van der Waals surface area contributed by atoms with Crippen LogP contribution in [-0.2, 0) is 9.53 Å². The number of esters is 1. The molecule has 1 heterocycles. The van der Waals surface area contributed by atoms with Gasteiger partial charge in [-0.05, 0) is 37.5 Å². The van der Waals surface area contributed by atoms with Crippen molar-refractivity contribution >= 4 is 27.8 Å².